The van der Waals surface area contributed by atoms with Gasteiger partial charge in [-0.1, -0.05) is 32.0 Å². The summed E-state index contributed by atoms with van der Waals surface area (Å²) in [6, 6.07) is 6.00. The Labute approximate surface area is 89.0 Å². The largest absolute Gasteiger partial charge is 0.328 e. The van der Waals surface area contributed by atoms with Crippen molar-refractivity contribution in [3.8, 4) is 0 Å². The molecule has 1 aromatic heterocycles. The lowest BCUT2D eigenvalue weighted by atomic mass is 9.97. The molecule has 0 bridgehead atoms. The number of pyridine rings is 1. The summed E-state index contributed by atoms with van der Waals surface area (Å²) < 4.78 is 0. The van der Waals surface area contributed by atoms with Gasteiger partial charge in [0.15, 0.2) is 0 Å². The number of rotatable bonds is 1. The minimum absolute atomic E-state index is 0.00694. The SMILES string of the molecule is Cc1cccc2c(C(C)C)c[nH]c(=O)c12. The van der Waals surface area contributed by atoms with Crippen molar-refractivity contribution in [2.24, 2.45) is 0 Å². The highest BCUT2D eigenvalue weighted by Gasteiger charge is 2.08. The van der Waals surface area contributed by atoms with Crippen LogP contribution in [0.1, 0.15) is 30.9 Å². The summed E-state index contributed by atoms with van der Waals surface area (Å²) in [5, 5.41) is 1.90. The van der Waals surface area contributed by atoms with E-state index in [0.29, 0.717) is 5.92 Å². The van der Waals surface area contributed by atoms with Gasteiger partial charge in [-0.15, -0.1) is 0 Å². The van der Waals surface area contributed by atoms with Gasteiger partial charge in [0.25, 0.3) is 5.56 Å². The van der Waals surface area contributed by atoms with Gasteiger partial charge in [-0.05, 0) is 29.4 Å². The third kappa shape index (κ3) is 1.56. The molecule has 0 aliphatic carbocycles. The first-order valence-electron chi connectivity index (χ1n) is 5.22. The molecule has 0 amide bonds. The van der Waals surface area contributed by atoms with Gasteiger partial charge in [0, 0.05) is 6.20 Å². The molecular weight excluding hydrogens is 186 g/mol. The number of H-pyrrole nitrogens is 1. The Morgan fingerprint density at radius 2 is 2.00 bits per heavy atom. The number of hydrogen-bond donors (Lipinski definition) is 1. The quantitative estimate of drug-likeness (QED) is 0.756. The van der Waals surface area contributed by atoms with E-state index < -0.39 is 0 Å². The van der Waals surface area contributed by atoms with E-state index in [1.165, 1.54) is 5.56 Å². The molecule has 0 fully saturated rings. The normalized spacial score (nSPS) is 11.2. The molecule has 15 heavy (non-hydrogen) atoms. The predicted molar refractivity (Wildman–Crippen MR) is 63.4 cm³/mol. The van der Waals surface area contributed by atoms with Crippen molar-refractivity contribution in [2.45, 2.75) is 26.7 Å². The fourth-order valence-electron chi connectivity index (χ4n) is 1.98. The number of fused-ring (bicyclic) bond motifs is 1. The van der Waals surface area contributed by atoms with Crippen LogP contribution in [0.4, 0.5) is 0 Å². The van der Waals surface area contributed by atoms with Crippen LogP contribution in [0, 0.1) is 6.92 Å². The fourth-order valence-corrected chi connectivity index (χ4v) is 1.98. The van der Waals surface area contributed by atoms with Crippen molar-refractivity contribution in [3.05, 3.63) is 45.9 Å². The van der Waals surface area contributed by atoms with Crippen molar-refractivity contribution in [1.82, 2.24) is 4.98 Å². The molecule has 0 saturated carbocycles. The molecule has 2 nitrogen and oxygen atoms in total. The Morgan fingerprint density at radius 3 is 2.67 bits per heavy atom. The standard InChI is InChI=1S/C13H15NO/c1-8(2)11-7-14-13(15)12-9(3)5-4-6-10(11)12/h4-8H,1-3H3,(H,14,15). The summed E-state index contributed by atoms with van der Waals surface area (Å²) in [4.78, 5) is 14.5. The number of benzene rings is 1. The second-order valence-electron chi connectivity index (χ2n) is 4.23. The molecule has 0 aliphatic heterocycles. The van der Waals surface area contributed by atoms with E-state index in [0.717, 1.165) is 16.3 Å². The fraction of sp³-hybridized carbons (Fsp3) is 0.308. The van der Waals surface area contributed by atoms with Crippen LogP contribution < -0.4 is 5.56 Å². The zero-order valence-corrected chi connectivity index (χ0v) is 9.29. The first-order valence-corrected chi connectivity index (χ1v) is 5.22. The van der Waals surface area contributed by atoms with Crippen LogP contribution in [0.25, 0.3) is 10.8 Å². The van der Waals surface area contributed by atoms with Gasteiger partial charge in [0.05, 0.1) is 5.39 Å². The van der Waals surface area contributed by atoms with E-state index in [1.54, 1.807) is 0 Å². The molecule has 1 N–H and O–H groups in total. The molecule has 0 radical (unpaired) electrons. The molecule has 0 aliphatic rings. The molecule has 2 rings (SSSR count). The van der Waals surface area contributed by atoms with Crippen LogP contribution in [0.15, 0.2) is 29.2 Å². The van der Waals surface area contributed by atoms with Gasteiger partial charge >= 0.3 is 0 Å². The van der Waals surface area contributed by atoms with Crippen molar-refractivity contribution in [3.63, 3.8) is 0 Å². The molecule has 1 heterocycles. The Bertz CT molecular complexity index is 552. The summed E-state index contributed by atoms with van der Waals surface area (Å²) in [6.45, 7) is 6.24. The zero-order valence-electron chi connectivity index (χ0n) is 9.29. The van der Waals surface area contributed by atoms with Crippen LogP contribution >= 0.6 is 0 Å². The molecule has 0 atom stereocenters. The number of nitrogens with one attached hydrogen (secondary N) is 1. The Kier molecular flexibility index (Phi) is 2.35. The lowest BCUT2D eigenvalue weighted by molar-refractivity contribution is 0.867. The van der Waals surface area contributed by atoms with Crippen molar-refractivity contribution < 1.29 is 0 Å². The lowest BCUT2D eigenvalue weighted by Crippen LogP contribution is -2.09. The predicted octanol–water partition coefficient (Wildman–Crippen LogP) is 2.96. The van der Waals surface area contributed by atoms with E-state index in [2.05, 4.69) is 18.8 Å². The summed E-state index contributed by atoms with van der Waals surface area (Å²) >= 11 is 0. The van der Waals surface area contributed by atoms with Crippen LogP contribution in [0.5, 0.6) is 0 Å². The van der Waals surface area contributed by atoms with Gasteiger partial charge < -0.3 is 4.98 Å². The minimum Gasteiger partial charge on any atom is -0.328 e. The van der Waals surface area contributed by atoms with Crippen molar-refractivity contribution >= 4 is 10.8 Å². The zero-order chi connectivity index (χ0) is 11.0. The molecule has 2 heteroatoms. The van der Waals surface area contributed by atoms with Gasteiger partial charge in [-0.2, -0.15) is 0 Å². The molecule has 0 saturated heterocycles. The van der Waals surface area contributed by atoms with E-state index in [4.69, 9.17) is 0 Å². The lowest BCUT2D eigenvalue weighted by Gasteiger charge is -2.10. The highest BCUT2D eigenvalue weighted by Crippen LogP contribution is 2.23. The highest BCUT2D eigenvalue weighted by atomic mass is 16.1. The van der Waals surface area contributed by atoms with E-state index in [-0.39, 0.29) is 5.56 Å². The molecule has 2 aromatic rings. The Balaban J connectivity index is 2.95. The van der Waals surface area contributed by atoms with Crippen LogP contribution in [0.2, 0.25) is 0 Å². The van der Waals surface area contributed by atoms with Gasteiger partial charge in [0.1, 0.15) is 0 Å². The number of hydrogen-bond acceptors (Lipinski definition) is 1. The Morgan fingerprint density at radius 1 is 1.27 bits per heavy atom. The van der Waals surface area contributed by atoms with Crippen LogP contribution in [-0.2, 0) is 0 Å². The van der Waals surface area contributed by atoms with Crippen LogP contribution in [-0.4, -0.2) is 4.98 Å². The first-order chi connectivity index (χ1) is 7.11. The summed E-state index contributed by atoms with van der Waals surface area (Å²) in [7, 11) is 0. The topological polar surface area (TPSA) is 32.9 Å². The van der Waals surface area contributed by atoms with Crippen molar-refractivity contribution in [2.75, 3.05) is 0 Å². The number of aromatic amines is 1. The van der Waals surface area contributed by atoms with Gasteiger partial charge in [-0.3, -0.25) is 4.79 Å². The van der Waals surface area contributed by atoms with E-state index in [9.17, 15) is 4.79 Å². The average Bonchev–Trinajstić information content (AvgIpc) is 2.17. The molecule has 78 valence electrons. The summed E-state index contributed by atoms with van der Waals surface area (Å²) in [6.07, 6.45) is 1.83. The van der Waals surface area contributed by atoms with Gasteiger partial charge in [0.2, 0.25) is 0 Å². The van der Waals surface area contributed by atoms with E-state index in [1.807, 2.05) is 31.3 Å². The van der Waals surface area contributed by atoms with E-state index >= 15 is 0 Å². The second kappa shape index (κ2) is 3.54. The Hall–Kier alpha value is -1.57. The third-order valence-corrected chi connectivity index (χ3v) is 2.79. The van der Waals surface area contributed by atoms with Crippen LogP contribution in [0.3, 0.4) is 0 Å². The molecular formula is C13H15NO. The summed E-state index contributed by atoms with van der Waals surface area (Å²) in [5.41, 5.74) is 2.25. The number of aryl methyl sites for hydroxylation is 1. The average molecular weight is 201 g/mol. The van der Waals surface area contributed by atoms with Crippen molar-refractivity contribution in [1.29, 1.82) is 0 Å². The monoisotopic (exact) mass is 201 g/mol. The van der Waals surface area contributed by atoms with Gasteiger partial charge in [-0.25, -0.2) is 0 Å². The maximum absolute atomic E-state index is 11.7. The highest BCUT2D eigenvalue weighted by molar-refractivity contribution is 5.87. The minimum atomic E-state index is 0.00694. The molecule has 0 spiro atoms. The summed E-state index contributed by atoms with van der Waals surface area (Å²) in [5.74, 6) is 0.422. The first kappa shape index (κ1) is 9.97. The molecule has 0 unspecified atom stereocenters. The smallest absolute Gasteiger partial charge is 0.256 e. The third-order valence-electron chi connectivity index (χ3n) is 2.79. The second-order valence-corrected chi connectivity index (χ2v) is 4.23. The maximum Gasteiger partial charge on any atom is 0.256 e. The molecule has 1 aromatic carbocycles. The maximum atomic E-state index is 11.7. The number of aromatic nitrogens is 1.